The minimum absolute atomic E-state index is 0.0119. The minimum Gasteiger partial charge on any atom is -0.284 e. The van der Waals surface area contributed by atoms with Gasteiger partial charge in [-0.25, -0.2) is 0 Å². The first-order valence-electron chi connectivity index (χ1n) is 3.08. The average molecular weight is 281 g/mol. The predicted octanol–water partition coefficient (Wildman–Crippen LogP) is 1.03. The van der Waals surface area contributed by atoms with Gasteiger partial charge in [0.2, 0.25) is 5.69 Å². The lowest BCUT2D eigenvalue weighted by Gasteiger charge is -1.92. The number of pyridine rings is 1. The first-order valence-corrected chi connectivity index (χ1v) is 4.16. The van der Waals surface area contributed by atoms with E-state index in [1.54, 1.807) is 6.92 Å². The third-order valence-corrected chi connectivity index (χ3v) is 2.14. The highest BCUT2D eigenvalue weighted by atomic mass is 127. The van der Waals surface area contributed by atoms with E-state index in [2.05, 4.69) is 0 Å². The molecule has 1 N–H and O–H groups in total. The van der Waals surface area contributed by atoms with Crippen LogP contribution in [0.25, 0.3) is 0 Å². The molecule has 1 rings (SSSR count). The number of halogens is 1. The van der Waals surface area contributed by atoms with Gasteiger partial charge in [-0.3, -0.25) is 15.3 Å². The third-order valence-electron chi connectivity index (χ3n) is 1.37. The molecule has 0 amide bonds. The van der Waals surface area contributed by atoms with Crippen LogP contribution in [0.3, 0.4) is 0 Å². The maximum absolute atomic E-state index is 10.3. The molecule has 0 saturated heterocycles. The van der Waals surface area contributed by atoms with Crippen LogP contribution in [0.15, 0.2) is 12.1 Å². The zero-order valence-corrected chi connectivity index (χ0v) is 8.35. The summed E-state index contributed by atoms with van der Waals surface area (Å²) in [7, 11) is 0. The van der Waals surface area contributed by atoms with Gasteiger partial charge >= 0.3 is 0 Å². The van der Waals surface area contributed by atoms with Crippen LogP contribution in [0, 0.1) is 20.7 Å². The molecule has 0 spiro atoms. The molecule has 0 aliphatic heterocycles. The van der Waals surface area contributed by atoms with Crippen molar-refractivity contribution in [1.82, 2.24) is 0 Å². The van der Waals surface area contributed by atoms with Crippen molar-refractivity contribution in [3.8, 4) is 0 Å². The number of rotatable bonds is 1. The lowest BCUT2D eigenvalue weighted by Crippen LogP contribution is -2.37. The Labute approximate surface area is 81.9 Å². The van der Waals surface area contributed by atoms with Crippen LogP contribution in [0.2, 0.25) is 0 Å². The fourth-order valence-corrected chi connectivity index (χ4v) is 1.47. The van der Waals surface area contributed by atoms with Crippen molar-refractivity contribution in [3.63, 3.8) is 0 Å². The van der Waals surface area contributed by atoms with E-state index in [1.807, 2.05) is 22.6 Å². The summed E-state index contributed by atoms with van der Waals surface area (Å²) in [6.45, 7) is 1.59. The summed E-state index contributed by atoms with van der Waals surface area (Å²) in [5.74, 6) is 0. The number of hydrogen-bond acceptors (Lipinski definition) is 3. The van der Waals surface area contributed by atoms with Crippen molar-refractivity contribution in [1.29, 1.82) is 0 Å². The zero-order chi connectivity index (χ0) is 9.30. The molecule has 12 heavy (non-hydrogen) atoms. The largest absolute Gasteiger partial charge is 0.299 e. The van der Waals surface area contributed by atoms with E-state index < -0.39 is 4.92 Å². The van der Waals surface area contributed by atoms with Crippen molar-refractivity contribution < 1.29 is 14.9 Å². The molecule has 0 fully saturated rings. The summed E-state index contributed by atoms with van der Waals surface area (Å²) in [5, 5.41) is 19.5. The molecular formula is C6H6IN2O3+. The SMILES string of the molecule is Cc1cc([N+](=O)[O-])cc(I)[n+]1O. The standard InChI is InChI=1S/C6H6IN2O3/c1-4-2-5(9(11)12)3-6(7)8(4)10/h2-3,10H,1H3/q+1. The van der Waals surface area contributed by atoms with Crippen LogP contribution >= 0.6 is 22.6 Å². The van der Waals surface area contributed by atoms with Crippen molar-refractivity contribution in [3.05, 3.63) is 31.6 Å². The van der Waals surface area contributed by atoms with E-state index in [1.165, 1.54) is 12.1 Å². The molecule has 0 aromatic carbocycles. The van der Waals surface area contributed by atoms with Gasteiger partial charge in [0.25, 0.3) is 9.39 Å². The summed E-state index contributed by atoms with van der Waals surface area (Å²) in [6, 6.07) is 2.61. The van der Waals surface area contributed by atoms with Gasteiger partial charge in [-0.05, 0) is 0 Å². The van der Waals surface area contributed by atoms with E-state index >= 15 is 0 Å². The van der Waals surface area contributed by atoms with Crippen LogP contribution < -0.4 is 4.73 Å². The van der Waals surface area contributed by atoms with E-state index in [9.17, 15) is 15.3 Å². The second-order valence-corrected chi connectivity index (χ2v) is 3.35. The number of hydrogen-bond donors (Lipinski definition) is 1. The predicted molar refractivity (Wildman–Crippen MR) is 47.9 cm³/mol. The highest BCUT2D eigenvalue weighted by Gasteiger charge is 2.18. The van der Waals surface area contributed by atoms with Crippen LogP contribution in [0.1, 0.15) is 5.69 Å². The van der Waals surface area contributed by atoms with Crippen LogP contribution in [0.5, 0.6) is 0 Å². The first kappa shape index (κ1) is 9.17. The van der Waals surface area contributed by atoms with Gasteiger partial charge in [0, 0.05) is 34.2 Å². The van der Waals surface area contributed by atoms with Crippen LogP contribution in [0.4, 0.5) is 5.69 Å². The molecule has 0 bridgehead atoms. The summed E-state index contributed by atoms with van der Waals surface area (Å²) < 4.78 is 1.31. The Hall–Kier alpha value is -0.920. The molecule has 1 aromatic rings. The number of nitro groups is 1. The lowest BCUT2D eigenvalue weighted by atomic mass is 10.3. The van der Waals surface area contributed by atoms with E-state index in [4.69, 9.17) is 0 Å². The Balaban J connectivity index is 3.31. The second-order valence-electron chi connectivity index (χ2n) is 2.25. The van der Waals surface area contributed by atoms with Gasteiger partial charge in [-0.1, -0.05) is 0 Å². The Morgan fingerprint density at radius 1 is 1.67 bits per heavy atom. The monoisotopic (exact) mass is 281 g/mol. The molecule has 0 unspecified atom stereocenters. The van der Waals surface area contributed by atoms with Gasteiger partial charge in [0.05, 0.1) is 17.1 Å². The molecule has 0 saturated carbocycles. The first-order chi connectivity index (χ1) is 5.52. The normalized spacial score (nSPS) is 9.83. The van der Waals surface area contributed by atoms with Crippen molar-refractivity contribution in [2.45, 2.75) is 6.92 Å². The molecule has 0 radical (unpaired) electrons. The van der Waals surface area contributed by atoms with Crippen LogP contribution in [-0.4, -0.2) is 10.1 Å². The van der Waals surface area contributed by atoms with Gasteiger partial charge in [0.15, 0.2) is 0 Å². The van der Waals surface area contributed by atoms with E-state index in [0.717, 1.165) is 4.73 Å². The van der Waals surface area contributed by atoms with E-state index in [-0.39, 0.29) is 5.69 Å². The second kappa shape index (κ2) is 3.21. The molecule has 5 nitrogen and oxygen atoms in total. The fourth-order valence-electron chi connectivity index (χ4n) is 0.774. The van der Waals surface area contributed by atoms with Gasteiger partial charge in [-0.15, -0.1) is 0 Å². The zero-order valence-electron chi connectivity index (χ0n) is 6.19. The summed E-state index contributed by atoms with van der Waals surface area (Å²) in [4.78, 5) is 9.84. The molecule has 64 valence electrons. The minimum atomic E-state index is -0.491. The Morgan fingerprint density at radius 3 is 2.67 bits per heavy atom. The van der Waals surface area contributed by atoms with Gasteiger partial charge < -0.3 is 0 Å². The summed E-state index contributed by atoms with van der Waals surface area (Å²) in [5.41, 5.74) is 0.427. The smallest absolute Gasteiger partial charge is 0.284 e. The van der Waals surface area contributed by atoms with Gasteiger partial charge in [0.1, 0.15) is 0 Å². The molecule has 6 heteroatoms. The average Bonchev–Trinajstić information content (AvgIpc) is 1.99. The maximum Gasteiger partial charge on any atom is 0.299 e. The summed E-state index contributed by atoms with van der Waals surface area (Å²) >= 11 is 1.82. The summed E-state index contributed by atoms with van der Waals surface area (Å²) in [6.07, 6.45) is 0. The quantitative estimate of drug-likeness (QED) is 0.209. The number of nitrogens with zero attached hydrogens (tertiary/aromatic N) is 2. The number of aromatic nitrogens is 1. The highest BCUT2D eigenvalue weighted by Crippen LogP contribution is 2.12. The molecule has 0 aliphatic carbocycles. The molecule has 0 atom stereocenters. The van der Waals surface area contributed by atoms with Crippen molar-refractivity contribution in [2.24, 2.45) is 0 Å². The fraction of sp³-hybridized carbons (Fsp3) is 0.167. The Bertz CT molecular complexity index is 317. The molecule has 0 aliphatic rings. The van der Waals surface area contributed by atoms with Gasteiger partial charge in [-0.2, -0.15) is 0 Å². The Kier molecular flexibility index (Phi) is 2.46. The van der Waals surface area contributed by atoms with Crippen molar-refractivity contribution in [2.75, 3.05) is 0 Å². The molecule has 1 heterocycles. The third kappa shape index (κ3) is 1.63. The molecule has 1 aromatic heterocycles. The topological polar surface area (TPSA) is 67.2 Å². The molecular weight excluding hydrogens is 275 g/mol. The Morgan fingerprint density at radius 2 is 2.25 bits per heavy atom. The lowest BCUT2D eigenvalue weighted by molar-refractivity contribution is -0.918. The number of aryl methyl sites for hydroxylation is 1. The van der Waals surface area contributed by atoms with Crippen molar-refractivity contribution >= 4 is 28.3 Å². The van der Waals surface area contributed by atoms with E-state index in [0.29, 0.717) is 9.39 Å². The maximum atomic E-state index is 10.3. The highest BCUT2D eigenvalue weighted by molar-refractivity contribution is 14.1. The van der Waals surface area contributed by atoms with Crippen LogP contribution in [-0.2, 0) is 0 Å².